The van der Waals surface area contributed by atoms with Gasteiger partial charge in [0.05, 0.1) is 2.74 Å². The van der Waals surface area contributed by atoms with E-state index in [0.717, 1.165) is 11.8 Å². The molecule has 1 aliphatic heterocycles. The second-order valence-corrected chi connectivity index (χ2v) is 5.42. The Labute approximate surface area is 114 Å². The summed E-state index contributed by atoms with van der Waals surface area (Å²) in [5.41, 5.74) is -0.284. The smallest absolute Gasteiger partial charge is 0.425 e. The van der Waals surface area contributed by atoms with Crippen LogP contribution in [0.4, 0.5) is 18.0 Å². The largest absolute Gasteiger partial charge is 0.437 e. The van der Waals surface area contributed by atoms with Crippen molar-refractivity contribution < 1.29 is 25.4 Å². The molecule has 3 unspecified atom stereocenters. The van der Waals surface area contributed by atoms with Crippen molar-refractivity contribution in [2.45, 2.75) is 45.5 Å². The summed E-state index contributed by atoms with van der Waals surface area (Å²) in [5.74, 6) is 0. The average molecular weight is 284 g/mol. The van der Waals surface area contributed by atoms with Crippen LogP contribution in [0.25, 0.3) is 0 Å². The molecule has 1 aliphatic rings. The molecule has 19 heavy (non-hydrogen) atoms. The third-order valence-corrected chi connectivity index (χ3v) is 2.90. The summed E-state index contributed by atoms with van der Waals surface area (Å²) in [6.07, 6.45) is -8.18. The number of rotatable bonds is 1. The molecule has 1 amide bonds. The van der Waals surface area contributed by atoms with Crippen molar-refractivity contribution in [3.63, 3.8) is 0 Å². The van der Waals surface area contributed by atoms with Gasteiger partial charge in [0, 0.05) is 31.7 Å². The van der Waals surface area contributed by atoms with E-state index in [1.165, 1.54) is 0 Å². The second-order valence-electron chi connectivity index (χ2n) is 5.42. The minimum atomic E-state index is -4.65. The monoisotopic (exact) mass is 284 g/mol. The van der Waals surface area contributed by atoms with Gasteiger partial charge < -0.3 is 9.64 Å². The van der Waals surface area contributed by atoms with Crippen LogP contribution in [-0.2, 0) is 4.74 Å². The van der Waals surface area contributed by atoms with Crippen molar-refractivity contribution in [2.24, 2.45) is 0 Å². The molecule has 112 valence electrons. The molecule has 1 fully saturated rings. The zero-order chi connectivity index (χ0) is 16.6. The van der Waals surface area contributed by atoms with E-state index in [1.54, 1.807) is 0 Å². The Morgan fingerprint density at radius 1 is 1.26 bits per heavy atom. The third-order valence-electron chi connectivity index (χ3n) is 2.90. The lowest BCUT2D eigenvalue weighted by molar-refractivity contribution is -0.200. The van der Waals surface area contributed by atoms with Gasteiger partial charge in [0.2, 0.25) is 0 Å². The fourth-order valence-electron chi connectivity index (χ4n) is 1.50. The Bertz CT molecular complexity index is 376. The second kappa shape index (κ2) is 5.56. The van der Waals surface area contributed by atoms with Crippen LogP contribution < -0.4 is 0 Å². The summed E-state index contributed by atoms with van der Waals surface area (Å²) in [6, 6.07) is 0. The minimum absolute atomic E-state index is 0.161. The molecule has 0 aromatic rings. The number of hydrogen-bond acceptors (Lipinski definition) is 3. The lowest BCUT2D eigenvalue weighted by Gasteiger charge is -2.42. The predicted octanol–water partition coefficient (Wildman–Crippen LogP) is 2.49. The molecule has 0 bridgehead atoms. The van der Waals surface area contributed by atoms with Gasteiger partial charge in [-0.1, -0.05) is 0 Å². The first-order chi connectivity index (χ1) is 9.34. The zero-order valence-corrected chi connectivity index (χ0v) is 11.5. The number of piperazine rings is 1. The van der Waals surface area contributed by atoms with E-state index in [9.17, 15) is 18.0 Å². The van der Waals surface area contributed by atoms with Crippen molar-refractivity contribution in [1.82, 2.24) is 9.80 Å². The maximum absolute atomic E-state index is 12.4. The number of hydrogen-bond donors (Lipinski definition) is 0. The van der Waals surface area contributed by atoms with E-state index in [2.05, 4.69) is 4.74 Å². The van der Waals surface area contributed by atoms with Gasteiger partial charge >= 0.3 is 12.3 Å². The van der Waals surface area contributed by atoms with Crippen LogP contribution in [-0.4, -0.2) is 59.8 Å². The highest BCUT2D eigenvalue weighted by molar-refractivity contribution is 5.68. The topological polar surface area (TPSA) is 32.8 Å². The zero-order valence-electron chi connectivity index (χ0n) is 13.5. The van der Waals surface area contributed by atoms with E-state index >= 15 is 0 Å². The summed E-state index contributed by atoms with van der Waals surface area (Å²) in [5, 5.41) is 0. The average Bonchev–Trinajstić information content (AvgIpc) is 2.24. The molecular weight excluding hydrogens is 261 g/mol. The Kier molecular flexibility index (Phi) is 3.81. The van der Waals surface area contributed by atoms with E-state index in [1.807, 2.05) is 25.7 Å². The standard InChI is InChI=1S/C12H21F3N2O2/c1-9(12(13,14)15)19-10(18)16-5-7-17(8-6-16)11(2,3)4/h9H,5-8H2,1-4H3/i5D,6D. The van der Waals surface area contributed by atoms with Crippen LogP contribution in [0.1, 0.15) is 30.4 Å². The molecule has 0 N–H and O–H groups in total. The summed E-state index contributed by atoms with van der Waals surface area (Å²) in [4.78, 5) is 14.4. The Morgan fingerprint density at radius 3 is 2.11 bits per heavy atom. The number of carbonyl (C=O) groups is 1. The summed E-state index contributed by atoms with van der Waals surface area (Å²) >= 11 is 0. The van der Waals surface area contributed by atoms with E-state index in [0.29, 0.717) is 0 Å². The molecule has 0 aromatic carbocycles. The Morgan fingerprint density at radius 2 is 1.74 bits per heavy atom. The van der Waals surface area contributed by atoms with Crippen molar-refractivity contribution in [1.29, 1.82) is 0 Å². The minimum Gasteiger partial charge on any atom is -0.437 e. The van der Waals surface area contributed by atoms with Gasteiger partial charge in [-0.25, -0.2) is 4.79 Å². The fourth-order valence-corrected chi connectivity index (χ4v) is 1.50. The molecule has 1 rings (SSSR count). The van der Waals surface area contributed by atoms with Crippen molar-refractivity contribution in [2.75, 3.05) is 26.1 Å². The van der Waals surface area contributed by atoms with Gasteiger partial charge in [0.25, 0.3) is 0 Å². The Balaban J connectivity index is 2.74. The van der Waals surface area contributed by atoms with Gasteiger partial charge in [0.1, 0.15) is 0 Å². The van der Waals surface area contributed by atoms with Crippen molar-refractivity contribution in [3.05, 3.63) is 0 Å². The van der Waals surface area contributed by atoms with Gasteiger partial charge in [-0.3, -0.25) is 4.90 Å². The first-order valence-electron chi connectivity index (χ1n) is 7.14. The van der Waals surface area contributed by atoms with E-state index in [4.69, 9.17) is 2.74 Å². The van der Waals surface area contributed by atoms with Crippen LogP contribution in [0.3, 0.4) is 0 Å². The SMILES string of the molecule is [2H]C1CN(C(C)(C)C)CC([2H])N1C(=O)OC(C)C(F)(F)F. The molecule has 0 aliphatic carbocycles. The van der Waals surface area contributed by atoms with Crippen molar-refractivity contribution >= 4 is 6.09 Å². The van der Waals surface area contributed by atoms with Gasteiger partial charge in [-0.05, 0) is 27.7 Å². The van der Waals surface area contributed by atoms with E-state index in [-0.39, 0.29) is 18.6 Å². The quantitative estimate of drug-likeness (QED) is 0.741. The lowest BCUT2D eigenvalue weighted by Crippen LogP contribution is -2.55. The first kappa shape index (κ1) is 13.0. The van der Waals surface area contributed by atoms with Crippen LogP contribution >= 0.6 is 0 Å². The van der Waals surface area contributed by atoms with Gasteiger partial charge in [-0.15, -0.1) is 0 Å². The maximum atomic E-state index is 12.4. The molecular formula is C12H21F3N2O2. The molecule has 0 radical (unpaired) electrons. The normalized spacial score (nSPS) is 29.5. The fraction of sp³-hybridized carbons (Fsp3) is 0.917. The van der Waals surface area contributed by atoms with Crippen LogP contribution in [0.15, 0.2) is 0 Å². The third kappa shape index (κ3) is 4.56. The number of amides is 1. The summed E-state index contributed by atoms with van der Waals surface area (Å²) in [7, 11) is 0. The summed E-state index contributed by atoms with van der Waals surface area (Å²) in [6.45, 7) is 4.51. The number of halogens is 3. The summed E-state index contributed by atoms with van der Waals surface area (Å²) < 4.78 is 57.3. The van der Waals surface area contributed by atoms with Crippen LogP contribution in [0.2, 0.25) is 0 Å². The highest BCUT2D eigenvalue weighted by Gasteiger charge is 2.40. The van der Waals surface area contributed by atoms with E-state index < -0.39 is 31.4 Å². The molecule has 4 nitrogen and oxygen atoms in total. The highest BCUT2D eigenvalue weighted by atomic mass is 19.4. The number of nitrogens with zero attached hydrogens (tertiary/aromatic N) is 2. The van der Waals surface area contributed by atoms with Crippen LogP contribution in [0, 0.1) is 0 Å². The predicted molar refractivity (Wildman–Crippen MR) is 64.9 cm³/mol. The molecule has 0 saturated carbocycles. The maximum Gasteiger partial charge on any atom is 0.425 e. The highest BCUT2D eigenvalue weighted by Crippen LogP contribution is 2.23. The molecule has 1 heterocycles. The molecule has 1 saturated heterocycles. The van der Waals surface area contributed by atoms with Gasteiger partial charge in [-0.2, -0.15) is 13.2 Å². The van der Waals surface area contributed by atoms with Crippen molar-refractivity contribution in [3.8, 4) is 0 Å². The molecule has 0 spiro atoms. The first-order valence-corrected chi connectivity index (χ1v) is 5.99. The molecule has 0 aromatic heterocycles. The van der Waals surface area contributed by atoms with Gasteiger partial charge in [0.15, 0.2) is 6.10 Å². The number of alkyl halides is 3. The lowest BCUT2D eigenvalue weighted by atomic mass is 10.1. The Hall–Kier alpha value is -0.980. The molecule has 3 atom stereocenters. The molecule has 7 heteroatoms. The number of ether oxygens (including phenoxy) is 1. The van der Waals surface area contributed by atoms with Crippen LogP contribution in [0.5, 0.6) is 0 Å². The number of carbonyl (C=O) groups excluding carboxylic acids is 1.